The Morgan fingerprint density at radius 1 is 1.42 bits per heavy atom. The molecule has 1 saturated carbocycles. The lowest BCUT2D eigenvalue weighted by molar-refractivity contribution is -0.147. The molecule has 0 spiro atoms. The van der Waals surface area contributed by atoms with Gasteiger partial charge in [-0.3, -0.25) is 4.79 Å². The molecule has 0 bridgehead atoms. The molecule has 0 heterocycles. The van der Waals surface area contributed by atoms with Gasteiger partial charge >= 0.3 is 5.97 Å². The van der Waals surface area contributed by atoms with Gasteiger partial charge in [-0.2, -0.15) is 0 Å². The van der Waals surface area contributed by atoms with Crippen LogP contribution in [0.2, 0.25) is 0 Å². The summed E-state index contributed by atoms with van der Waals surface area (Å²) in [7, 11) is 1.45. The van der Waals surface area contributed by atoms with Crippen molar-refractivity contribution in [3.8, 4) is 0 Å². The molecule has 1 atom stereocenters. The van der Waals surface area contributed by atoms with E-state index in [-0.39, 0.29) is 5.97 Å². The standard InChI is InChI=1S/C16H23NO2/c1-12-5-3-4-6-14(12)16(11-17,15(18)19-2)10-9-13-7-8-13/h3-6,13H,7-11,17H2,1-2H3. The van der Waals surface area contributed by atoms with Gasteiger partial charge in [-0.25, -0.2) is 0 Å². The van der Waals surface area contributed by atoms with Crippen LogP contribution in [0.15, 0.2) is 24.3 Å². The van der Waals surface area contributed by atoms with Gasteiger partial charge in [-0.05, 0) is 36.8 Å². The summed E-state index contributed by atoms with van der Waals surface area (Å²) in [6.07, 6.45) is 4.41. The molecule has 0 aliphatic heterocycles. The number of benzene rings is 1. The van der Waals surface area contributed by atoms with Gasteiger partial charge in [0.1, 0.15) is 5.41 Å². The highest BCUT2D eigenvalue weighted by Gasteiger charge is 2.42. The molecule has 3 nitrogen and oxygen atoms in total. The lowest BCUT2D eigenvalue weighted by Crippen LogP contribution is -2.44. The summed E-state index contributed by atoms with van der Waals surface area (Å²) >= 11 is 0. The predicted molar refractivity (Wildman–Crippen MR) is 75.9 cm³/mol. The number of hydrogen-bond donors (Lipinski definition) is 1. The number of hydrogen-bond acceptors (Lipinski definition) is 3. The normalized spacial score (nSPS) is 17.8. The molecule has 0 amide bonds. The van der Waals surface area contributed by atoms with E-state index in [1.54, 1.807) is 0 Å². The zero-order valence-electron chi connectivity index (χ0n) is 11.8. The highest BCUT2D eigenvalue weighted by atomic mass is 16.5. The van der Waals surface area contributed by atoms with Crippen molar-refractivity contribution in [1.82, 2.24) is 0 Å². The van der Waals surface area contributed by atoms with Crippen molar-refractivity contribution in [3.63, 3.8) is 0 Å². The molecule has 1 aliphatic rings. The molecule has 0 aromatic heterocycles. The van der Waals surface area contributed by atoms with Gasteiger partial charge in [-0.15, -0.1) is 0 Å². The minimum absolute atomic E-state index is 0.204. The summed E-state index contributed by atoms with van der Waals surface area (Å²) in [6, 6.07) is 7.98. The number of carbonyl (C=O) groups is 1. The topological polar surface area (TPSA) is 52.3 Å². The number of aryl methyl sites for hydroxylation is 1. The number of nitrogens with two attached hydrogens (primary N) is 1. The Kier molecular flexibility index (Phi) is 4.25. The highest BCUT2D eigenvalue weighted by Crippen LogP contribution is 2.40. The van der Waals surface area contributed by atoms with Crippen molar-refractivity contribution in [3.05, 3.63) is 35.4 Å². The highest BCUT2D eigenvalue weighted by molar-refractivity contribution is 5.84. The Balaban J connectivity index is 2.35. The second kappa shape index (κ2) is 5.74. The zero-order chi connectivity index (χ0) is 13.9. The minimum atomic E-state index is -0.678. The van der Waals surface area contributed by atoms with Crippen LogP contribution in [0, 0.1) is 12.8 Å². The quantitative estimate of drug-likeness (QED) is 0.801. The van der Waals surface area contributed by atoms with Crippen LogP contribution in [-0.4, -0.2) is 19.6 Å². The van der Waals surface area contributed by atoms with Gasteiger partial charge in [0.2, 0.25) is 0 Å². The van der Waals surface area contributed by atoms with Crippen molar-refractivity contribution < 1.29 is 9.53 Å². The van der Waals surface area contributed by atoms with Gasteiger partial charge < -0.3 is 10.5 Å². The molecule has 2 N–H and O–H groups in total. The third kappa shape index (κ3) is 2.81. The van der Waals surface area contributed by atoms with Crippen LogP contribution in [0.1, 0.15) is 36.8 Å². The Hall–Kier alpha value is -1.35. The first-order valence-electron chi connectivity index (χ1n) is 6.98. The van der Waals surface area contributed by atoms with Crippen molar-refractivity contribution in [1.29, 1.82) is 0 Å². The second-order valence-electron chi connectivity index (χ2n) is 5.57. The van der Waals surface area contributed by atoms with E-state index in [2.05, 4.69) is 0 Å². The molecular weight excluding hydrogens is 238 g/mol. The van der Waals surface area contributed by atoms with E-state index < -0.39 is 5.41 Å². The van der Waals surface area contributed by atoms with Crippen LogP contribution < -0.4 is 5.73 Å². The molecule has 0 radical (unpaired) electrons. The first kappa shape index (κ1) is 14.1. The number of rotatable bonds is 6. The molecule has 19 heavy (non-hydrogen) atoms. The fraction of sp³-hybridized carbons (Fsp3) is 0.562. The van der Waals surface area contributed by atoms with Gasteiger partial charge in [0.25, 0.3) is 0 Å². The molecular formula is C16H23NO2. The molecule has 2 rings (SSSR count). The summed E-state index contributed by atoms with van der Waals surface area (Å²) in [5.74, 6) is 0.574. The van der Waals surface area contributed by atoms with Gasteiger partial charge in [0, 0.05) is 6.54 Å². The van der Waals surface area contributed by atoms with E-state index >= 15 is 0 Å². The monoisotopic (exact) mass is 261 g/mol. The number of carbonyl (C=O) groups excluding carboxylic acids is 1. The minimum Gasteiger partial charge on any atom is -0.468 e. The van der Waals surface area contributed by atoms with Crippen molar-refractivity contribution in [2.75, 3.05) is 13.7 Å². The molecule has 1 aromatic carbocycles. The summed E-state index contributed by atoms with van der Waals surface area (Å²) in [4.78, 5) is 12.3. The Morgan fingerprint density at radius 2 is 2.11 bits per heavy atom. The van der Waals surface area contributed by atoms with Gasteiger partial charge in [0.15, 0.2) is 0 Å². The molecule has 3 heteroatoms. The first-order valence-corrected chi connectivity index (χ1v) is 6.98. The van der Waals surface area contributed by atoms with E-state index in [9.17, 15) is 4.79 Å². The second-order valence-corrected chi connectivity index (χ2v) is 5.57. The van der Waals surface area contributed by atoms with E-state index in [0.29, 0.717) is 6.54 Å². The Bertz CT molecular complexity index is 454. The van der Waals surface area contributed by atoms with E-state index in [0.717, 1.165) is 29.9 Å². The fourth-order valence-electron chi connectivity index (χ4n) is 2.80. The van der Waals surface area contributed by atoms with E-state index in [1.165, 1.54) is 20.0 Å². The van der Waals surface area contributed by atoms with Gasteiger partial charge in [-0.1, -0.05) is 37.1 Å². The fourth-order valence-corrected chi connectivity index (χ4v) is 2.80. The Labute approximate surface area is 115 Å². The van der Waals surface area contributed by atoms with Crippen LogP contribution in [-0.2, 0) is 14.9 Å². The zero-order valence-corrected chi connectivity index (χ0v) is 11.8. The third-order valence-corrected chi connectivity index (χ3v) is 4.26. The van der Waals surface area contributed by atoms with Crippen LogP contribution in [0.3, 0.4) is 0 Å². The van der Waals surface area contributed by atoms with E-state index in [1.807, 2.05) is 31.2 Å². The van der Waals surface area contributed by atoms with Crippen molar-refractivity contribution in [2.24, 2.45) is 11.7 Å². The summed E-state index contributed by atoms with van der Waals surface area (Å²) in [6.45, 7) is 2.33. The van der Waals surface area contributed by atoms with Crippen LogP contribution in [0.25, 0.3) is 0 Å². The van der Waals surface area contributed by atoms with Crippen molar-refractivity contribution in [2.45, 2.75) is 38.0 Å². The average molecular weight is 261 g/mol. The lowest BCUT2D eigenvalue weighted by atomic mass is 9.74. The summed E-state index contributed by atoms with van der Waals surface area (Å²) in [5.41, 5.74) is 7.44. The maximum Gasteiger partial charge on any atom is 0.317 e. The molecule has 1 unspecified atom stereocenters. The number of esters is 1. The molecule has 104 valence electrons. The summed E-state index contributed by atoms with van der Waals surface area (Å²) in [5, 5.41) is 0. The molecule has 1 aromatic rings. The number of ether oxygens (including phenoxy) is 1. The largest absolute Gasteiger partial charge is 0.468 e. The van der Waals surface area contributed by atoms with Crippen LogP contribution >= 0.6 is 0 Å². The number of methoxy groups -OCH3 is 1. The van der Waals surface area contributed by atoms with E-state index in [4.69, 9.17) is 10.5 Å². The molecule has 0 saturated heterocycles. The lowest BCUT2D eigenvalue weighted by Gasteiger charge is -2.31. The predicted octanol–water partition coefficient (Wildman–Crippen LogP) is 2.55. The maximum absolute atomic E-state index is 12.3. The Morgan fingerprint density at radius 3 is 2.63 bits per heavy atom. The van der Waals surface area contributed by atoms with Gasteiger partial charge in [0.05, 0.1) is 7.11 Å². The average Bonchev–Trinajstić information content (AvgIpc) is 3.25. The van der Waals surface area contributed by atoms with Crippen molar-refractivity contribution >= 4 is 5.97 Å². The van der Waals surface area contributed by atoms with Crippen LogP contribution in [0.4, 0.5) is 0 Å². The SMILES string of the molecule is COC(=O)C(CN)(CCC1CC1)c1ccccc1C. The third-order valence-electron chi connectivity index (χ3n) is 4.26. The summed E-state index contributed by atoms with van der Waals surface area (Å²) < 4.78 is 5.05. The smallest absolute Gasteiger partial charge is 0.317 e. The van der Waals surface area contributed by atoms with Crippen LogP contribution in [0.5, 0.6) is 0 Å². The maximum atomic E-state index is 12.3. The molecule has 1 fully saturated rings. The first-order chi connectivity index (χ1) is 9.14. The molecule has 1 aliphatic carbocycles.